The zero-order valence-electron chi connectivity index (χ0n) is 15.6. The summed E-state index contributed by atoms with van der Waals surface area (Å²) in [6, 6.07) is 7.52. The maximum absolute atomic E-state index is 14.9. The van der Waals surface area contributed by atoms with Crippen molar-refractivity contribution in [2.24, 2.45) is 0 Å². The monoisotopic (exact) mass is 463 g/mol. The Labute approximate surface area is 172 Å². The number of nitrogen functional groups attached to an aromatic ring is 1. The van der Waals surface area contributed by atoms with Crippen molar-refractivity contribution in [3.05, 3.63) is 52.6 Å². The zero-order valence-corrected chi connectivity index (χ0v) is 16.5. The Morgan fingerprint density at radius 3 is 2.84 bits per heavy atom. The summed E-state index contributed by atoms with van der Waals surface area (Å²) in [5.74, 6) is -0.0105. The number of fused-ring (bicyclic) bond motifs is 1. The van der Waals surface area contributed by atoms with Crippen LogP contribution in [0.4, 0.5) is 19.0 Å². The number of hydrogen-bond donors (Lipinski definition) is 2. The molecule has 14 heteroatoms. The first kappa shape index (κ1) is 21.8. The summed E-state index contributed by atoms with van der Waals surface area (Å²) in [7, 11) is -4.39. The van der Waals surface area contributed by atoms with E-state index >= 15 is 0 Å². The van der Waals surface area contributed by atoms with Gasteiger partial charge in [0.05, 0.1) is 13.2 Å². The van der Waals surface area contributed by atoms with Gasteiger partial charge in [0.2, 0.25) is 0 Å². The van der Waals surface area contributed by atoms with Crippen molar-refractivity contribution in [3.8, 4) is 5.75 Å². The summed E-state index contributed by atoms with van der Waals surface area (Å²) in [6.45, 7) is -1.48. The fourth-order valence-electron chi connectivity index (χ4n) is 3.23. The van der Waals surface area contributed by atoms with Gasteiger partial charge in [0.25, 0.3) is 6.43 Å². The molecular formula is C17H17F3N3O7P. The molecule has 0 amide bonds. The Morgan fingerprint density at radius 1 is 1.39 bits per heavy atom. The molecule has 1 aromatic heterocycles. The van der Waals surface area contributed by atoms with Crippen LogP contribution in [0, 0.1) is 0 Å². The van der Waals surface area contributed by atoms with Gasteiger partial charge in [-0.3, -0.25) is 13.6 Å². The fraction of sp³-hybridized carbons (Fsp3) is 0.412. The standard InChI is InChI=1S/C17H17F3N3O7P/c18-13-12(24)14(23-6-5-11(21)22-16(23)25)29-17(13,15(19)20)8-28-31(26)27-7-9-3-1-2-4-10(9)30-31/h1-6,12-15,24H,7-8H2,(H2,21,22,25). The number of phosphoric ester groups is 1. The number of nitrogens with two attached hydrogens (primary N) is 1. The Morgan fingerprint density at radius 2 is 2.13 bits per heavy atom. The van der Waals surface area contributed by atoms with E-state index in [2.05, 4.69) is 4.98 Å². The Kier molecular flexibility index (Phi) is 5.56. The second kappa shape index (κ2) is 7.92. The van der Waals surface area contributed by atoms with Crippen molar-refractivity contribution in [2.45, 2.75) is 37.1 Å². The van der Waals surface area contributed by atoms with Crippen LogP contribution in [0.2, 0.25) is 0 Å². The highest BCUT2D eigenvalue weighted by Crippen LogP contribution is 2.56. The van der Waals surface area contributed by atoms with E-state index in [1.165, 1.54) is 6.07 Å². The number of ether oxygens (including phenoxy) is 1. The average molecular weight is 463 g/mol. The van der Waals surface area contributed by atoms with Crippen molar-refractivity contribution >= 4 is 13.6 Å². The molecule has 5 atom stereocenters. The zero-order chi connectivity index (χ0) is 22.4. The highest BCUT2D eigenvalue weighted by Gasteiger charge is 2.63. The predicted octanol–water partition coefficient (Wildman–Crippen LogP) is 1.79. The van der Waals surface area contributed by atoms with Crippen LogP contribution in [0.3, 0.4) is 0 Å². The summed E-state index contributed by atoms with van der Waals surface area (Å²) < 4.78 is 76.3. The molecule has 2 aromatic rings. The molecule has 31 heavy (non-hydrogen) atoms. The number of aliphatic hydroxyl groups is 1. The molecule has 0 bridgehead atoms. The first-order valence-corrected chi connectivity index (χ1v) is 10.4. The number of phosphoric acid groups is 1. The van der Waals surface area contributed by atoms with Crippen molar-refractivity contribution in [1.29, 1.82) is 0 Å². The predicted molar refractivity (Wildman–Crippen MR) is 98.1 cm³/mol. The van der Waals surface area contributed by atoms with E-state index in [0.717, 1.165) is 12.3 Å². The lowest BCUT2D eigenvalue weighted by Gasteiger charge is -2.32. The fourth-order valence-corrected chi connectivity index (χ4v) is 4.49. The number of anilines is 1. The van der Waals surface area contributed by atoms with Crippen molar-refractivity contribution in [1.82, 2.24) is 9.55 Å². The molecular weight excluding hydrogens is 446 g/mol. The summed E-state index contributed by atoms with van der Waals surface area (Å²) >= 11 is 0. The van der Waals surface area contributed by atoms with Crippen LogP contribution in [0.15, 0.2) is 41.3 Å². The molecule has 1 aromatic carbocycles. The van der Waals surface area contributed by atoms with E-state index in [1.54, 1.807) is 18.2 Å². The normalized spacial score (nSPS) is 32.6. The van der Waals surface area contributed by atoms with Gasteiger partial charge < -0.3 is 20.1 Å². The SMILES string of the molecule is Nc1ccn(C2OC(COP3(=O)OCc4ccccc4O3)(C(F)F)C(F)C2O)c(=O)n1. The summed E-state index contributed by atoms with van der Waals surface area (Å²) in [4.78, 5) is 15.4. The Hall–Kier alpha value is -2.44. The number of halogens is 3. The van der Waals surface area contributed by atoms with Gasteiger partial charge in [0.1, 0.15) is 17.7 Å². The van der Waals surface area contributed by atoms with Crippen LogP contribution in [-0.2, 0) is 25.0 Å². The van der Waals surface area contributed by atoms with E-state index in [9.17, 15) is 27.6 Å². The van der Waals surface area contributed by atoms with Gasteiger partial charge in [-0.05, 0) is 12.1 Å². The lowest BCUT2D eigenvalue weighted by Crippen LogP contribution is -2.50. The summed E-state index contributed by atoms with van der Waals surface area (Å²) in [5.41, 5.74) is 1.80. The van der Waals surface area contributed by atoms with E-state index in [-0.39, 0.29) is 18.2 Å². The number of nitrogens with zero attached hydrogens (tertiary/aromatic N) is 2. The minimum absolute atomic E-state index is 0.157. The minimum atomic E-state index is -4.39. The van der Waals surface area contributed by atoms with Crippen molar-refractivity contribution in [3.63, 3.8) is 0 Å². The van der Waals surface area contributed by atoms with E-state index in [1.807, 2.05) is 0 Å². The van der Waals surface area contributed by atoms with Gasteiger partial charge in [-0.25, -0.2) is 22.5 Å². The number of rotatable bonds is 5. The van der Waals surface area contributed by atoms with Gasteiger partial charge >= 0.3 is 13.5 Å². The highest BCUT2D eigenvalue weighted by molar-refractivity contribution is 7.49. The van der Waals surface area contributed by atoms with E-state index < -0.39 is 50.6 Å². The maximum atomic E-state index is 14.9. The van der Waals surface area contributed by atoms with Gasteiger partial charge in [-0.1, -0.05) is 18.2 Å². The number of benzene rings is 1. The summed E-state index contributed by atoms with van der Waals surface area (Å²) in [6.07, 6.45) is -9.28. The molecule has 5 unspecified atom stereocenters. The van der Waals surface area contributed by atoms with Gasteiger partial charge in [-0.2, -0.15) is 4.98 Å². The molecule has 1 fully saturated rings. The van der Waals surface area contributed by atoms with Crippen molar-refractivity contribution in [2.75, 3.05) is 12.3 Å². The quantitative estimate of drug-likeness (QED) is 0.637. The number of para-hydroxylation sites is 1. The molecule has 3 heterocycles. The van der Waals surface area contributed by atoms with Crippen molar-refractivity contribution < 1.29 is 41.2 Å². The Bertz CT molecular complexity index is 1090. The lowest BCUT2D eigenvalue weighted by atomic mass is 9.98. The first-order chi connectivity index (χ1) is 14.7. The molecule has 2 aliphatic heterocycles. The number of aromatic nitrogens is 2. The second-order valence-corrected chi connectivity index (χ2v) is 8.49. The molecule has 0 saturated carbocycles. The molecule has 10 nitrogen and oxygen atoms in total. The third-order valence-corrected chi connectivity index (χ3v) is 6.21. The molecule has 2 aliphatic rings. The van der Waals surface area contributed by atoms with Crippen LogP contribution in [0.5, 0.6) is 5.75 Å². The van der Waals surface area contributed by atoms with Crippen LogP contribution in [0.25, 0.3) is 0 Å². The highest BCUT2D eigenvalue weighted by atomic mass is 31.2. The third kappa shape index (κ3) is 3.83. The number of hydrogen-bond acceptors (Lipinski definition) is 9. The Balaban J connectivity index is 1.58. The molecule has 0 spiro atoms. The minimum Gasteiger partial charge on any atom is -0.404 e. The van der Waals surface area contributed by atoms with Crippen LogP contribution in [0.1, 0.15) is 11.8 Å². The smallest absolute Gasteiger partial charge is 0.404 e. The van der Waals surface area contributed by atoms with Gasteiger partial charge in [0.15, 0.2) is 18.0 Å². The average Bonchev–Trinajstić information content (AvgIpc) is 2.98. The maximum Gasteiger partial charge on any atom is 0.530 e. The molecule has 1 saturated heterocycles. The molecule has 168 valence electrons. The van der Waals surface area contributed by atoms with Gasteiger partial charge in [-0.15, -0.1) is 0 Å². The largest absolute Gasteiger partial charge is 0.530 e. The third-order valence-electron chi connectivity index (χ3n) is 4.90. The first-order valence-electron chi connectivity index (χ1n) is 8.94. The topological polar surface area (TPSA) is 135 Å². The second-order valence-electron chi connectivity index (χ2n) is 6.89. The van der Waals surface area contributed by atoms with Crippen LogP contribution >= 0.6 is 7.82 Å². The van der Waals surface area contributed by atoms with Gasteiger partial charge in [0, 0.05) is 11.8 Å². The lowest BCUT2D eigenvalue weighted by molar-refractivity contribution is -0.184. The number of aliphatic hydroxyl groups excluding tert-OH is 1. The van der Waals surface area contributed by atoms with Crippen LogP contribution in [-0.4, -0.2) is 45.6 Å². The van der Waals surface area contributed by atoms with E-state index in [0.29, 0.717) is 10.1 Å². The molecule has 4 rings (SSSR count). The van der Waals surface area contributed by atoms with Crippen LogP contribution < -0.4 is 15.9 Å². The summed E-state index contributed by atoms with van der Waals surface area (Å²) in [5, 5.41) is 10.2. The molecule has 0 aliphatic carbocycles. The molecule has 0 radical (unpaired) electrons. The molecule has 3 N–H and O–H groups in total. The number of alkyl halides is 3. The van der Waals surface area contributed by atoms with E-state index in [4.69, 9.17) is 24.0 Å².